The van der Waals surface area contributed by atoms with Gasteiger partial charge < -0.3 is 0 Å². The van der Waals surface area contributed by atoms with Gasteiger partial charge in [0.25, 0.3) is 0 Å². The van der Waals surface area contributed by atoms with Gasteiger partial charge in [-0.15, -0.1) is 11.3 Å². The molecule has 86 valence electrons. The van der Waals surface area contributed by atoms with Crippen LogP contribution < -0.4 is 0 Å². The van der Waals surface area contributed by atoms with Crippen molar-refractivity contribution in [2.75, 3.05) is 0 Å². The molecule has 0 aliphatic heterocycles. The number of hydrogen-bond acceptors (Lipinski definition) is 3. The lowest BCUT2D eigenvalue weighted by molar-refractivity contribution is 0.990. The summed E-state index contributed by atoms with van der Waals surface area (Å²) in [6.07, 6.45) is 1.30. The van der Waals surface area contributed by atoms with Crippen LogP contribution in [0, 0.1) is 25.2 Å². The highest BCUT2D eigenvalue weighted by atomic mass is 32.1. The normalized spacial score (nSPS) is 10.2. The molecule has 3 heteroatoms. The summed E-state index contributed by atoms with van der Waals surface area (Å²) in [5.74, 6) is 0. The molecule has 0 amide bonds. The molecule has 0 unspecified atom stereocenters. The number of thiazole rings is 1. The van der Waals surface area contributed by atoms with Crippen LogP contribution in [0.3, 0.4) is 0 Å². The zero-order valence-corrected chi connectivity index (χ0v) is 10.8. The van der Waals surface area contributed by atoms with Gasteiger partial charge in [0.1, 0.15) is 0 Å². The molecule has 0 N–H and O–H groups in total. The molecular weight excluding hydrogens is 228 g/mol. The Balaban J connectivity index is 2.25. The third-order valence-corrected chi connectivity index (χ3v) is 3.71. The number of rotatable bonds is 3. The fourth-order valence-electron chi connectivity index (χ4n) is 1.62. The number of nitriles is 1. The van der Waals surface area contributed by atoms with Crippen LogP contribution in [0.25, 0.3) is 11.3 Å². The topological polar surface area (TPSA) is 36.7 Å². The minimum atomic E-state index is 0.542. The van der Waals surface area contributed by atoms with E-state index in [-0.39, 0.29) is 0 Å². The van der Waals surface area contributed by atoms with Gasteiger partial charge in [-0.2, -0.15) is 5.26 Å². The molecular formula is C14H14N2S. The van der Waals surface area contributed by atoms with E-state index in [1.54, 1.807) is 11.3 Å². The van der Waals surface area contributed by atoms with Gasteiger partial charge in [0.05, 0.1) is 16.8 Å². The monoisotopic (exact) mass is 242 g/mol. The molecule has 0 saturated heterocycles. The Morgan fingerprint density at radius 2 is 2.12 bits per heavy atom. The average molecular weight is 242 g/mol. The average Bonchev–Trinajstić information content (AvgIpc) is 2.79. The number of nitrogens with zero attached hydrogens (tertiary/aromatic N) is 2. The molecule has 0 aliphatic rings. The molecule has 2 nitrogen and oxygen atoms in total. The predicted octanol–water partition coefficient (Wildman–Crippen LogP) is 3.88. The summed E-state index contributed by atoms with van der Waals surface area (Å²) in [6.45, 7) is 4.22. The summed E-state index contributed by atoms with van der Waals surface area (Å²) in [5, 5.41) is 11.7. The SMILES string of the molecule is Cc1ccc(-c2csc(CCC#N)n2)cc1C. The second-order valence-electron chi connectivity index (χ2n) is 4.08. The Morgan fingerprint density at radius 3 is 2.82 bits per heavy atom. The van der Waals surface area contributed by atoms with E-state index in [1.165, 1.54) is 11.1 Å². The van der Waals surface area contributed by atoms with Gasteiger partial charge in [-0.1, -0.05) is 12.1 Å². The van der Waals surface area contributed by atoms with Crippen molar-refractivity contribution in [3.8, 4) is 17.3 Å². The minimum absolute atomic E-state index is 0.542. The summed E-state index contributed by atoms with van der Waals surface area (Å²) in [6, 6.07) is 8.54. The van der Waals surface area contributed by atoms with E-state index >= 15 is 0 Å². The quantitative estimate of drug-likeness (QED) is 0.819. The molecule has 0 saturated carbocycles. The zero-order chi connectivity index (χ0) is 12.3. The van der Waals surface area contributed by atoms with Gasteiger partial charge in [-0.3, -0.25) is 0 Å². The summed E-state index contributed by atoms with van der Waals surface area (Å²) in [7, 11) is 0. The van der Waals surface area contributed by atoms with Gasteiger partial charge in [0.2, 0.25) is 0 Å². The fourth-order valence-corrected chi connectivity index (χ4v) is 2.43. The zero-order valence-electron chi connectivity index (χ0n) is 10.0. The second-order valence-corrected chi connectivity index (χ2v) is 5.03. The first-order valence-corrected chi connectivity index (χ1v) is 6.47. The van der Waals surface area contributed by atoms with Crippen molar-refractivity contribution >= 4 is 11.3 Å². The van der Waals surface area contributed by atoms with Crippen molar-refractivity contribution in [1.29, 1.82) is 5.26 Å². The van der Waals surface area contributed by atoms with Crippen LogP contribution in [0.15, 0.2) is 23.6 Å². The number of benzene rings is 1. The molecule has 1 aromatic heterocycles. The number of hydrogen-bond donors (Lipinski definition) is 0. The summed E-state index contributed by atoms with van der Waals surface area (Å²) >= 11 is 1.63. The maximum absolute atomic E-state index is 8.55. The molecule has 0 atom stereocenters. The first-order valence-electron chi connectivity index (χ1n) is 5.59. The maximum Gasteiger partial charge on any atom is 0.0942 e. The smallest absolute Gasteiger partial charge is 0.0942 e. The van der Waals surface area contributed by atoms with Crippen LogP contribution in [0.5, 0.6) is 0 Å². The third kappa shape index (κ3) is 2.72. The molecule has 17 heavy (non-hydrogen) atoms. The van der Waals surface area contributed by atoms with Crippen LogP contribution in [0.1, 0.15) is 22.6 Å². The first kappa shape index (κ1) is 11.8. The minimum Gasteiger partial charge on any atom is -0.241 e. The Kier molecular flexibility index (Phi) is 3.55. The Bertz CT molecular complexity index is 564. The summed E-state index contributed by atoms with van der Waals surface area (Å²) in [4.78, 5) is 4.56. The number of aromatic nitrogens is 1. The van der Waals surface area contributed by atoms with Gasteiger partial charge in [-0.25, -0.2) is 4.98 Å². The molecule has 0 radical (unpaired) electrons. The summed E-state index contributed by atoms with van der Waals surface area (Å²) < 4.78 is 0. The molecule has 0 fully saturated rings. The number of aryl methyl sites for hydroxylation is 3. The highest BCUT2D eigenvalue weighted by Crippen LogP contribution is 2.24. The van der Waals surface area contributed by atoms with Crippen molar-refractivity contribution in [2.45, 2.75) is 26.7 Å². The van der Waals surface area contributed by atoms with Gasteiger partial charge in [-0.05, 0) is 31.0 Å². The molecule has 0 bridgehead atoms. The lowest BCUT2D eigenvalue weighted by Gasteiger charge is -2.02. The van der Waals surface area contributed by atoms with Gasteiger partial charge >= 0.3 is 0 Å². The van der Waals surface area contributed by atoms with Crippen LogP contribution in [0.2, 0.25) is 0 Å². The van der Waals surface area contributed by atoms with Crippen molar-refractivity contribution < 1.29 is 0 Å². The Morgan fingerprint density at radius 1 is 1.29 bits per heavy atom. The van der Waals surface area contributed by atoms with Crippen LogP contribution >= 0.6 is 11.3 Å². The van der Waals surface area contributed by atoms with Crippen molar-refractivity contribution in [1.82, 2.24) is 4.98 Å². The standard InChI is InChI=1S/C14H14N2S/c1-10-5-6-12(8-11(10)2)13-9-17-14(16-13)4-3-7-15/h5-6,8-9H,3-4H2,1-2H3. The second kappa shape index (κ2) is 5.11. The van der Waals surface area contributed by atoms with Crippen LogP contribution in [0.4, 0.5) is 0 Å². The molecule has 0 spiro atoms. The maximum atomic E-state index is 8.55. The van der Waals surface area contributed by atoms with E-state index in [2.05, 4.69) is 48.5 Å². The van der Waals surface area contributed by atoms with E-state index < -0.39 is 0 Å². The molecule has 0 aliphatic carbocycles. The Hall–Kier alpha value is -1.66. The fraction of sp³-hybridized carbons (Fsp3) is 0.286. The van der Waals surface area contributed by atoms with E-state index in [9.17, 15) is 0 Å². The highest BCUT2D eigenvalue weighted by molar-refractivity contribution is 7.09. The summed E-state index contributed by atoms with van der Waals surface area (Å²) in [5.41, 5.74) is 4.77. The van der Waals surface area contributed by atoms with E-state index in [1.807, 2.05) is 0 Å². The van der Waals surface area contributed by atoms with Crippen LogP contribution in [-0.4, -0.2) is 4.98 Å². The molecule has 2 rings (SSSR count). The molecule has 2 aromatic rings. The first-order chi connectivity index (χ1) is 8.20. The lowest BCUT2D eigenvalue weighted by atomic mass is 10.1. The largest absolute Gasteiger partial charge is 0.241 e. The third-order valence-electron chi connectivity index (χ3n) is 2.81. The van der Waals surface area contributed by atoms with E-state index in [4.69, 9.17) is 5.26 Å². The van der Waals surface area contributed by atoms with Gasteiger partial charge in [0.15, 0.2) is 0 Å². The van der Waals surface area contributed by atoms with E-state index in [0.717, 1.165) is 22.7 Å². The van der Waals surface area contributed by atoms with Crippen LogP contribution in [-0.2, 0) is 6.42 Å². The Labute approximate surface area is 106 Å². The predicted molar refractivity (Wildman–Crippen MR) is 71.0 cm³/mol. The van der Waals surface area contributed by atoms with Gasteiger partial charge in [0, 0.05) is 23.8 Å². The highest BCUT2D eigenvalue weighted by Gasteiger charge is 2.05. The molecule has 1 heterocycles. The lowest BCUT2D eigenvalue weighted by Crippen LogP contribution is -1.85. The van der Waals surface area contributed by atoms with Crippen molar-refractivity contribution in [2.24, 2.45) is 0 Å². The van der Waals surface area contributed by atoms with Crippen molar-refractivity contribution in [3.63, 3.8) is 0 Å². The molecule has 1 aromatic carbocycles. The van der Waals surface area contributed by atoms with E-state index in [0.29, 0.717) is 6.42 Å². The van der Waals surface area contributed by atoms with Crippen molar-refractivity contribution in [3.05, 3.63) is 39.7 Å².